The summed E-state index contributed by atoms with van der Waals surface area (Å²) < 4.78 is 26.0. The molecule has 0 aliphatic rings. The van der Waals surface area contributed by atoms with Crippen molar-refractivity contribution in [3.05, 3.63) is 35.4 Å². The summed E-state index contributed by atoms with van der Waals surface area (Å²) in [6.07, 6.45) is 0.478. The molecule has 0 aromatic heterocycles. The van der Waals surface area contributed by atoms with Crippen molar-refractivity contribution in [2.45, 2.75) is 26.7 Å². The number of halogens is 2. The van der Waals surface area contributed by atoms with Gasteiger partial charge in [0, 0.05) is 6.54 Å². The van der Waals surface area contributed by atoms with Crippen molar-refractivity contribution in [3.8, 4) is 0 Å². The van der Waals surface area contributed by atoms with E-state index in [1.807, 2.05) is 13.8 Å². The predicted octanol–water partition coefficient (Wildman–Crippen LogP) is 2.58. The molecule has 1 aromatic rings. The Kier molecular flexibility index (Phi) is 5.00. The summed E-state index contributed by atoms with van der Waals surface area (Å²) in [5.74, 6) is -2.78. The monoisotopic (exact) mass is 271 g/mol. The molecule has 0 aliphatic carbocycles. The van der Waals surface area contributed by atoms with Crippen LogP contribution >= 0.6 is 0 Å². The molecule has 3 N–H and O–H groups in total. The molecule has 1 atom stereocenters. The van der Waals surface area contributed by atoms with Gasteiger partial charge in [-0.3, -0.25) is 4.79 Å². The van der Waals surface area contributed by atoms with Gasteiger partial charge in [-0.2, -0.15) is 0 Å². The second-order valence-corrected chi connectivity index (χ2v) is 5.31. The maximum absolute atomic E-state index is 13.2. The lowest BCUT2D eigenvalue weighted by atomic mass is 9.75. The molecule has 0 aliphatic heterocycles. The Labute approximate surface area is 111 Å². The molecule has 1 aromatic carbocycles. The van der Waals surface area contributed by atoms with E-state index in [1.165, 1.54) is 6.07 Å². The smallest absolute Gasteiger partial charge is 0.311 e. The number of nitrogens with two attached hydrogens (primary N) is 1. The third-order valence-corrected chi connectivity index (χ3v) is 3.17. The molecule has 0 saturated heterocycles. The van der Waals surface area contributed by atoms with Crippen molar-refractivity contribution >= 4 is 5.97 Å². The number of carbonyl (C=O) groups is 1. The van der Waals surface area contributed by atoms with E-state index in [-0.39, 0.29) is 18.9 Å². The summed E-state index contributed by atoms with van der Waals surface area (Å²) in [6, 6.07) is 3.43. The van der Waals surface area contributed by atoms with Crippen LogP contribution in [0.5, 0.6) is 0 Å². The van der Waals surface area contributed by atoms with Crippen LogP contribution in [-0.4, -0.2) is 17.6 Å². The standard InChI is InChI=1S/C14H19F2NO2/c1-9(2)6-14(8-17,13(18)19)7-10-3-4-11(15)12(16)5-10/h3-5,9H,6-8,17H2,1-2H3,(H,18,19). The van der Waals surface area contributed by atoms with Crippen molar-refractivity contribution < 1.29 is 18.7 Å². The van der Waals surface area contributed by atoms with E-state index in [0.29, 0.717) is 12.0 Å². The number of carboxylic acid groups (broad SMARTS) is 1. The van der Waals surface area contributed by atoms with E-state index in [2.05, 4.69) is 0 Å². The highest BCUT2D eigenvalue weighted by atomic mass is 19.2. The minimum Gasteiger partial charge on any atom is -0.481 e. The molecule has 0 spiro atoms. The molecular formula is C14H19F2NO2. The summed E-state index contributed by atoms with van der Waals surface area (Å²) in [5, 5.41) is 9.41. The molecule has 0 saturated carbocycles. The second kappa shape index (κ2) is 6.10. The Bertz CT molecular complexity index is 463. The van der Waals surface area contributed by atoms with E-state index in [4.69, 9.17) is 5.73 Å². The Morgan fingerprint density at radius 2 is 2.00 bits per heavy atom. The van der Waals surface area contributed by atoms with Crippen molar-refractivity contribution in [1.29, 1.82) is 0 Å². The highest BCUT2D eigenvalue weighted by molar-refractivity contribution is 5.75. The van der Waals surface area contributed by atoms with Gasteiger partial charge in [0.2, 0.25) is 0 Å². The second-order valence-electron chi connectivity index (χ2n) is 5.31. The quantitative estimate of drug-likeness (QED) is 0.836. The number of hydrogen-bond donors (Lipinski definition) is 2. The summed E-state index contributed by atoms with van der Waals surface area (Å²) in [5.41, 5.74) is 4.92. The predicted molar refractivity (Wildman–Crippen MR) is 68.6 cm³/mol. The highest BCUT2D eigenvalue weighted by Crippen LogP contribution is 2.31. The zero-order valence-corrected chi connectivity index (χ0v) is 11.1. The Hall–Kier alpha value is -1.49. The maximum Gasteiger partial charge on any atom is 0.311 e. The number of aliphatic carboxylic acids is 1. The molecule has 3 nitrogen and oxygen atoms in total. The first kappa shape index (κ1) is 15.6. The van der Waals surface area contributed by atoms with Gasteiger partial charge in [0.05, 0.1) is 5.41 Å². The Balaban J connectivity index is 3.06. The normalized spacial score (nSPS) is 14.4. The van der Waals surface area contributed by atoms with Gasteiger partial charge in [0.25, 0.3) is 0 Å². The molecule has 19 heavy (non-hydrogen) atoms. The van der Waals surface area contributed by atoms with Crippen molar-refractivity contribution in [2.24, 2.45) is 17.1 Å². The summed E-state index contributed by atoms with van der Waals surface area (Å²) in [6.45, 7) is 3.76. The molecular weight excluding hydrogens is 252 g/mol. The van der Waals surface area contributed by atoms with Crippen molar-refractivity contribution in [2.75, 3.05) is 6.54 Å². The molecule has 0 fully saturated rings. The zero-order chi connectivity index (χ0) is 14.6. The van der Waals surface area contributed by atoms with Crippen molar-refractivity contribution in [1.82, 2.24) is 0 Å². The van der Waals surface area contributed by atoms with E-state index >= 15 is 0 Å². The van der Waals surface area contributed by atoms with E-state index in [0.717, 1.165) is 12.1 Å². The Morgan fingerprint density at radius 3 is 2.42 bits per heavy atom. The largest absolute Gasteiger partial charge is 0.481 e. The van der Waals surface area contributed by atoms with Crippen LogP contribution in [-0.2, 0) is 11.2 Å². The van der Waals surface area contributed by atoms with Gasteiger partial charge in [-0.05, 0) is 36.5 Å². The number of rotatable bonds is 6. The molecule has 0 heterocycles. The SMILES string of the molecule is CC(C)CC(CN)(Cc1ccc(F)c(F)c1)C(=O)O. The van der Waals surface area contributed by atoms with Crippen LogP contribution in [0.15, 0.2) is 18.2 Å². The average Bonchev–Trinajstić information content (AvgIpc) is 2.32. The van der Waals surface area contributed by atoms with E-state index < -0.39 is 23.0 Å². The van der Waals surface area contributed by atoms with Gasteiger partial charge in [-0.1, -0.05) is 19.9 Å². The minimum absolute atomic E-state index is 0.0422. The summed E-state index contributed by atoms with van der Waals surface area (Å²) in [4.78, 5) is 11.5. The maximum atomic E-state index is 13.2. The molecule has 5 heteroatoms. The number of hydrogen-bond acceptors (Lipinski definition) is 2. The fourth-order valence-corrected chi connectivity index (χ4v) is 2.30. The molecule has 1 rings (SSSR count). The van der Waals surface area contributed by atoms with Crippen molar-refractivity contribution in [3.63, 3.8) is 0 Å². The number of carboxylic acids is 1. The molecule has 106 valence electrons. The summed E-state index contributed by atoms with van der Waals surface area (Å²) in [7, 11) is 0. The van der Waals surface area contributed by atoms with Gasteiger partial charge in [0.1, 0.15) is 0 Å². The first-order valence-electron chi connectivity index (χ1n) is 6.18. The highest BCUT2D eigenvalue weighted by Gasteiger charge is 2.38. The van der Waals surface area contributed by atoms with Gasteiger partial charge in [-0.15, -0.1) is 0 Å². The summed E-state index contributed by atoms with van der Waals surface area (Å²) >= 11 is 0. The topological polar surface area (TPSA) is 63.3 Å². The van der Waals surface area contributed by atoms with Crippen LogP contribution in [0.1, 0.15) is 25.8 Å². The van der Waals surface area contributed by atoms with Crippen LogP contribution in [0.4, 0.5) is 8.78 Å². The van der Waals surface area contributed by atoms with Gasteiger partial charge < -0.3 is 10.8 Å². The van der Waals surface area contributed by atoms with E-state index in [9.17, 15) is 18.7 Å². The lowest BCUT2D eigenvalue weighted by Gasteiger charge is -2.29. The fourth-order valence-electron chi connectivity index (χ4n) is 2.30. The van der Waals surface area contributed by atoms with Crippen LogP contribution in [0.25, 0.3) is 0 Å². The lowest BCUT2D eigenvalue weighted by molar-refractivity contribution is -0.149. The lowest BCUT2D eigenvalue weighted by Crippen LogP contribution is -2.41. The molecule has 0 bridgehead atoms. The molecule has 0 amide bonds. The first-order chi connectivity index (χ1) is 8.80. The van der Waals surface area contributed by atoms with Crippen LogP contribution < -0.4 is 5.73 Å². The number of benzene rings is 1. The minimum atomic E-state index is -1.14. The third-order valence-electron chi connectivity index (χ3n) is 3.17. The van der Waals surface area contributed by atoms with Gasteiger partial charge >= 0.3 is 5.97 Å². The fraction of sp³-hybridized carbons (Fsp3) is 0.500. The van der Waals surface area contributed by atoms with E-state index in [1.54, 1.807) is 0 Å². The van der Waals surface area contributed by atoms with Crippen LogP contribution in [0, 0.1) is 23.0 Å². The zero-order valence-electron chi connectivity index (χ0n) is 11.1. The third kappa shape index (κ3) is 3.73. The van der Waals surface area contributed by atoms with Gasteiger partial charge in [0.15, 0.2) is 11.6 Å². The first-order valence-corrected chi connectivity index (χ1v) is 6.18. The van der Waals surface area contributed by atoms with Gasteiger partial charge in [-0.25, -0.2) is 8.78 Å². The average molecular weight is 271 g/mol. The molecule has 1 unspecified atom stereocenters. The van der Waals surface area contributed by atoms with Crippen LogP contribution in [0.3, 0.4) is 0 Å². The Morgan fingerprint density at radius 1 is 1.37 bits per heavy atom. The van der Waals surface area contributed by atoms with Crippen LogP contribution in [0.2, 0.25) is 0 Å². The molecule has 0 radical (unpaired) electrons.